The molecule has 3 heterocycles. The molecule has 0 aliphatic carbocycles. The highest BCUT2D eigenvalue weighted by molar-refractivity contribution is 7.99. The minimum Gasteiger partial charge on any atom is -0.493 e. The van der Waals surface area contributed by atoms with Gasteiger partial charge < -0.3 is 24.4 Å². The summed E-state index contributed by atoms with van der Waals surface area (Å²) >= 11 is 1.64. The second-order valence-corrected chi connectivity index (χ2v) is 10.4. The van der Waals surface area contributed by atoms with E-state index in [4.69, 9.17) is 24.2 Å². The highest BCUT2D eigenvalue weighted by Crippen LogP contribution is 2.38. The number of nitrogens with one attached hydrogen (secondary N) is 1. The third-order valence-corrected chi connectivity index (χ3v) is 6.80. The van der Waals surface area contributed by atoms with Crippen molar-refractivity contribution in [2.45, 2.75) is 43.6 Å². The number of nitrogens with zero attached hydrogens (tertiary/aromatic N) is 5. The van der Waals surface area contributed by atoms with Crippen molar-refractivity contribution in [3.63, 3.8) is 0 Å². The molecule has 4 rings (SSSR count). The first kappa shape index (κ1) is 26.6. The fraction of sp³-hybridized carbons (Fsp3) is 0.462. The molecule has 0 spiro atoms. The van der Waals surface area contributed by atoms with Gasteiger partial charge in [0.15, 0.2) is 22.3 Å². The predicted molar refractivity (Wildman–Crippen MR) is 146 cm³/mol. The van der Waals surface area contributed by atoms with Gasteiger partial charge in [0, 0.05) is 31.0 Å². The molecular weight excluding hydrogens is 492 g/mol. The van der Waals surface area contributed by atoms with Crippen molar-refractivity contribution >= 4 is 40.6 Å². The lowest BCUT2D eigenvalue weighted by atomic mass is 10.1. The van der Waals surface area contributed by atoms with Crippen LogP contribution in [0, 0.1) is 0 Å². The first-order valence-corrected chi connectivity index (χ1v) is 13.2. The second-order valence-electron chi connectivity index (χ2n) is 8.88. The Morgan fingerprint density at radius 1 is 1.11 bits per heavy atom. The Labute approximate surface area is 221 Å². The Kier molecular flexibility index (Phi) is 8.75. The van der Waals surface area contributed by atoms with Gasteiger partial charge in [0.25, 0.3) is 0 Å². The Hall–Kier alpha value is -3.47. The van der Waals surface area contributed by atoms with Crippen molar-refractivity contribution < 1.29 is 19.0 Å². The van der Waals surface area contributed by atoms with E-state index in [1.807, 2.05) is 10.9 Å². The summed E-state index contributed by atoms with van der Waals surface area (Å²) in [4.78, 5) is 24.5. The molecule has 1 aliphatic heterocycles. The maximum atomic E-state index is 12.5. The van der Waals surface area contributed by atoms with Crippen LogP contribution in [0.4, 0.5) is 5.82 Å². The largest absolute Gasteiger partial charge is 0.493 e. The number of aromatic nitrogens is 4. The van der Waals surface area contributed by atoms with Gasteiger partial charge in [-0.3, -0.25) is 4.79 Å². The lowest BCUT2D eigenvalue weighted by Gasteiger charge is -2.18. The summed E-state index contributed by atoms with van der Waals surface area (Å²) in [6.45, 7) is 7.16. The fourth-order valence-electron chi connectivity index (χ4n) is 4.23. The highest BCUT2D eigenvalue weighted by atomic mass is 32.2. The Bertz CT molecular complexity index is 1240. The normalized spacial score (nSPS) is 13.6. The van der Waals surface area contributed by atoms with Gasteiger partial charge in [-0.25, -0.2) is 14.6 Å². The first-order chi connectivity index (χ1) is 17.9. The molecule has 10 nitrogen and oxygen atoms in total. The van der Waals surface area contributed by atoms with Crippen LogP contribution in [0.1, 0.15) is 32.3 Å². The number of anilines is 1. The smallest absolute Gasteiger partial charge is 0.244 e. The molecule has 1 aromatic carbocycles. The monoisotopic (exact) mass is 526 g/mol. The van der Waals surface area contributed by atoms with Gasteiger partial charge in [0.1, 0.15) is 5.82 Å². The van der Waals surface area contributed by atoms with Crippen molar-refractivity contribution in [2.75, 3.05) is 45.9 Å². The molecule has 1 aliphatic rings. The van der Waals surface area contributed by atoms with E-state index in [2.05, 4.69) is 29.2 Å². The predicted octanol–water partition coefficient (Wildman–Crippen LogP) is 3.78. The molecule has 198 valence electrons. The van der Waals surface area contributed by atoms with E-state index in [1.54, 1.807) is 51.3 Å². The number of benzene rings is 1. The Balaban J connectivity index is 1.44. The number of ether oxygens (including phenoxy) is 3. The number of hydrogen-bond donors (Lipinski definition) is 1. The van der Waals surface area contributed by atoms with Crippen LogP contribution in [0.5, 0.6) is 17.2 Å². The summed E-state index contributed by atoms with van der Waals surface area (Å²) in [6.07, 6.45) is 7.35. The van der Waals surface area contributed by atoms with Crippen LogP contribution in [0.2, 0.25) is 0 Å². The van der Waals surface area contributed by atoms with Gasteiger partial charge in [0.05, 0.1) is 39.5 Å². The van der Waals surface area contributed by atoms with E-state index in [0.29, 0.717) is 35.6 Å². The number of rotatable bonds is 11. The van der Waals surface area contributed by atoms with E-state index in [1.165, 1.54) is 18.9 Å². The van der Waals surface area contributed by atoms with E-state index in [9.17, 15) is 4.79 Å². The van der Waals surface area contributed by atoms with Gasteiger partial charge in [-0.05, 0) is 36.6 Å². The van der Waals surface area contributed by atoms with Crippen LogP contribution in [0.25, 0.3) is 17.1 Å². The number of carbonyl (C=O) groups is 1. The van der Waals surface area contributed by atoms with Crippen molar-refractivity contribution in [3.05, 3.63) is 30.0 Å². The molecule has 0 bridgehead atoms. The van der Waals surface area contributed by atoms with Crippen molar-refractivity contribution in [1.29, 1.82) is 0 Å². The summed E-state index contributed by atoms with van der Waals surface area (Å²) in [5, 5.41) is 9.55. The van der Waals surface area contributed by atoms with Gasteiger partial charge in [-0.1, -0.05) is 25.6 Å². The standard InChI is InChI=1S/C26H34N6O4S/c1-17(2)37-26-29-24(31-11-6-7-12-31)19-16-28-32(25(19)30-26)13-10-27-22(33)9-8-18-14-20(34-3)23(36-5)21(15-18)35-4/h8-9,14-17H,6-7,10-13H2,1-5H3,(H,27,33)/b9-8-. The maximum absolute atomic E-state index is 12.5. The lowest BCUT2D eigenvalue weighted by molar-refractivity contribution is -0.116. The fourth-order valence-corrected chi connectivity index (χ4v) is 4.93. The number of methoxy groups -OCH3 is 3. The molecule has 1 amide bonds. The second kappa shape index (κ2) is 12.2. The lowest BCUT2D eigenvalue weighted by Crippen LogP contribution is -2.26. The van der Waals surface area contributed by atoms with Crippen molar-refractivity contribution in [1.82, 2.24) is 25.1 Å². The van der Waals surface area contributed by atoms with Gasteiger partial charge in [-0.2, -0.15) is 5.10 Å². The average molecular weight is 527 g/mol. The summed E-state index contributed by atoms with van der Waals surface area (Å²) in [5.74, 6) is 2.29. The summed E-state index contributed by atoms with van der Waals surface area (Å²) in [5.41, 5.74) is 1.55. The average Bonchev–Trinajstić information content (AvgIpc) is 3.57. The van der Waals surface area contributed by atoms with Crippen LogP contribution in [-0.4, -0.2) is 71.9 Å². The third kappa shape index (κ3) is 6.27. The van der Waals surface area contributed by atoms with Gasteiger partial charge >= 0.3 is 0 Å². The third-order valence-electron chi connectivity index (χ3n) is 5.94. The molecular formula is C26H34N6O4S. The molecule has 0 unspecified atom stereocenters. The van der Waals surface area contributed by atoms with Crippen LogP contribution >= 0.6 is 11.8 Å². The van der Waals surface area contributed by atoms with Crippen molar-refractivity contribution in [3.8, 4) is 17.2 Å². The van der Waals surface area contributed by atoms with Crippen LogP contribution in [0.3, 0.4) is 0 Å². The molecule has 11 heteroatoms. The first-order valence-electron chi connectivity index (χ1n) is 12.3. The van der Waals surface area contributed by atoms with Crippen LogP contribution in [-0.2, 0) is 11.3 Å². The van der Waals surface area contributed by atoms with E-state index in [0.717, 1.165) is 40.7 Å². The van der Waals surface area contributed by atoms with Gasteiger partial charge in [0.2, 0.25) is 11.7 Å². The molecule has 1 fully saturated rings. The summed E-state index contributed by atoms with van der Waals surface area (Å²) in [6, 6.07) is 3.57. The molecule has 37 heavy (non-hydrogen) atoms. The van der Waals surface area contributed by atoms with Crippen molar-refractivity contribution in [2.24, 2.45) is 0 Å². The van der Waals surface area contributed by atoms with Gasteiger partial charge in [-0.15, -0.1) is 0 Å². The summed E-state index contributed by atoms with van der Waals surface area (Å²) < 4.78 is 17.9. The SMILES string of the molecule is COc1cc(/C=C\C(=O)NCCn2ncc3c(N4CCCC4)nc(SC(C)C)nc32)cc(OC)c1OC. The number of carbonyl (C=O) groups excluding carboxylic acids is 1. The zero-order chi connectivity index (χ0) is 26.4. The maximum Gasteiger partial charge on any atom is 0.244 e. The van der Waals surface area contributed by atoms with E-state index < -0.39 is 0 Å². The molecule has 0 atom stereocenters. The summed E-state index contributed by atoms with van der Waals surface area (Å²) in [7, 11) is 4.66. The number of hydrogen-bond acceptors (Lipinski definition) is 9. The minimum absolute atomic E-state index is 0.214. The minimum atomic E-state index is -0.214. The molecule has 2 aromatic heterocycles. The molecule has 1 N–H and O–H groups in total. The number of fused-ring (bicyclic) bond motifs is 1. The topological polar surface area (TPSA) is 104 Å². The molecule has 0 radical (unpaired) electrons. The Morgan fingerprint density at radius 2 is 1.81 bits per heavy atom. The molecule has 3 aromatic rings. The highest BCUT2D eigenvalue weighted by Gasteiger charge is 2.21. The Morgan fingerprint density at radius 3 is 2.43 bits per heavy atom. The number of thioether (sulfide) groups is 1. The molecule has 0 saturated carbocycles. The van der Waals surface area contributed by atoms with Crippen LogP contribution < -0.4 is 24.4 Å². The number of amides is 1. The van der Waals surface area contributed by atoms with E-state index in [-0.39, 0.29) is 5.91 Å². The molecule has 1 saturated heterocycles. The van der Waals surface area contributed by atoms with E-state index >= 15 is 0 Å². The quantitative estimate of drug-likeness (QED) is 0.227. The van der Waals surface area contributed by atoms with Crippen LogP contribution in [0.15, 0.2) is 29.6 Å². The zero-order valence-electron chi connectivity index (χ0n) is 22.0. The zero-order valence-corrected chi connectivity index (χ0v) is 22.8.